The summed E-state index contributed by atoms with van der Waals surface area (Å²) in [4.78, 5) is 2.36. The molecular formula is C49H37N3O. The van der Waals surface area contributed by atoms with Crippen LogP contribution in [0, 0.1) is 0 Å². The number of hydrogen-bond acceptors (Lipinski definition) is 3. The SMILES string of the molecule is CN1C(c2ccccc2)=CC(c2cc(-c3ccccc3)cc(-n3c4c(c5ccccc53)-c3ccccc3Oc3ccccc3-4)c2)NC1c1ccccc1. The Morgan fingerprint density at radius 3 is 1.89 bits per heavy atom. The highest BCUT2D eigenvalue weighted by Crippen LogP contribution is 2.52. The lowest BCUT2D eigenvalue weighted by Crippen LogP contribution is -2.40. The van der Waals surface area contributed by atoms with Gasteiger partial charge in [-0.3, -0.25) is 5.32 Å². The molecule has 1 aromatic heterocycles. The molecule has 2 atom stereocenters. The molecule has 0 saturated heterocycles. The molecule has 0 fully saturated rings. The van der Waals surface area contributed by atoms with E-state index in [1.54, 1.807) is 0 Å². The van der Waals surface area contributed by atoms with Crippen molar-refractivity contribution in [1.82, 2.24) is 14.8 Å². The lowest BCUT2D eigenvalue weighted by molar-refractivity contribution is 0.263. The molecule has 0 saturated carbocycles. The van der Waals surface area contributed by atoms with Gasteiger partial charge in [0.05, 0.1) is 17.3 Å². The minimum Gasteiger partial charge on any atom is -0.456 e. The Hall–Kier alpha value is -6.62. The third-order valence-corrected chi connectivity index (χ3v) is 10.7. The Kier molecular flexibility index (Phi) is 7.55. The topological polar surface area (TPSA) is 29.4 Å². The fraction of sp³-hybridized carbons (Fsp3) is 0.0612. The highest BCUT2D eigenvalue weighted by molar-refractivity contribution is 6.08. The van der Waals surface area contributed by atoms with E-state index in [0.717, 1.165) is 45.1 Å². The largest absolute Gasteiger partial charge is 0.456 e. The summed E-state index contributed by atoms with van der Waals surface area (Å²) < 4.78 is 9.13. The van der Waals surface area contributed by atoms with E-state index >= 15 is 0 Å². The standard InChI is InChI=1S/C49H37N3O/c1-51-44(34-19-7-3-8-20-34)32-42(50-49(51)35-21-9-4-10-22-35)37-29-36(33-17-5-2-6-18-33)30-38(31-37)52-43-26-14-11-23-39(43)47-40-24-12-15-27-45(40)53-46-28-16-13-25-41(46)48(47)52/h2-32,42,49-50H,1H3. The summed E-state index contributed by atoms with van der Waals surface area (Å²) in [6, 6.07) is 64.9. The second-order valence-corrected chi connectivity index (χ2v) is 13.8. The van der Waals surface area contributed by atoms with Gasteiger partial charge in [0, 0.05) is 40.5 Å². The van der Waals surface area contributed by atoms with Gasteiger partial charge in [-0.25, -0.2) is 0 Å². The quantitative estimate of drug-likeness (QED) is 0.196. The van der Waals surface area contributed by atoms with Crippen LogP contribution in [0.4, 0.5) is 0 Å². The Morgan fingerprint density at radius 1 is 0.528 bits per heavy atom. The summed E-state index contributed by atoms with van der Waals surface area (Å²) in [7, 11) is 2.18. The third-order valence-electron chi connectivity index (χ3n) is 10.7. The van der Waals surface area contributed by atoms with Crippen molar-refractivity contribution < 1.29 is 4.74 Å². The van der Waals surface area contributed by atoms with Crippen LogP contribution in [0.1, 0.15) is 28.9 Å². The second-order valence-electron chi connectivity index (χ2n) is 13.8. The first kappa shape index (κ1) is 31.1. The van der Waals surface area contributed by atoms with Crippen LogP contribution >= 0.6 is 0 Å². The molecule has 0 aliphatic carbocycles. The van der Waals surface area contributed by atoms with Crippen LogP contribution in [0.15, 0.2) is 188 Å². The van der Waals surface area contributed by atoms with E-state index in [-0.39, 0.29) is 12.2 Å². The lowest BCUT2D eigenvalue weighted by atomic mass is 9.94. The highest BCUT2D eigenvalue weighted by atomic mass is 16.5. The fourth-order valence-electron chi connectivity index (χ4n) is 8.21. The minimum atomic E-state index is -0.0780. The van der Waals surface area contributed by atoms with E-state index in [2.05, 4.69) is 210 Å². The van der Waals surface area contributed by atoms with Crippen LogP contribution in [-0.2, 0) is 0 Å². The molecule has 0 radical (unpaired) electrons. The average molecular weight is 684 g/mol. The van der Waals surface area contributed by atoms with Gasteiger partial charge in [0.1, 0.15) is 17.7 Å². The number of nitrogens with one attached hydrogen (secondary N) is 1. The number of ether oxygens (including phenoxy) is 1. The summed E-state index contributed by atoms with van der Waals surface area (Å²) in [5.74, 6) is 1.71. The normalized spacial score (nSPS) is 16.2. The molecule has 0 spiro atoms. The van der Waals surface area contributed by atoms with Crippen molar-refractivity contribution in [3.63, 3.8) is 0 Å². The van der Waals surface area contributed by atoms with Gasteiger partial charge in [0.25, 0.3) is 0 Å². The Bertz CT molecular complexity index is 2640. The van der Waals surface area contributed by atoms with Gasteiger partial charge in [-0.1, -0.05) is 140 Å². The number of benzene rings is 7. The molecule has 8 aromatic rings. The smallest absolute Gasteiger partial charge is 0.136 e. The van der Waals surface area contributed by atoms with Gasteiger partial charge in [-0.2, -0.15) is 0 Å². The number of para-hydroxylation sites is 3. The van der Waals surface area contributed by atoms with Crippen LogP contribution in [0.5, 0.6) is 11.5 Å². The van der Waals surface area contributed by atoms with Crippen molar-refractivity contribution in [2.45, 2.75) is 12.2 Å². The maximum absolute atomic E-state index is 6.68. The Balaban J connectivity index is 1.25. The molecular weight excluding hydrogens is 647 g/mol. The summed E-state index contributed by atoms with van der Waals surface area (Å²) in [6.45, 7) is 0. The molecule has 3 heterocycles. The van der Waals surface area contributed by atoms with Gasteiger partial charge in [-0.05, 0) is 76.4 Å². The number of aromatic nitrogens is 1. The zero-order valence-electron chi connectivity index (χ0n) is 29.4. The molecule has 2 aliphatic rings. The molecule has 4 heteroatoms. The van der Waals surface area contributed by atoms with Crippen LogP contribution in [-0.4, -0.2) is 16.5 Å². The maximum atomic E-state index is 6.68. The van der Waals surface area contributed by atoms with Gasteiger partial charge in [0.2, 0.25) is 0 Å². The van der Waals surface area contributed by atoms with Gasteiger partial charge in [0.15, 0.2) is 0 Å². The molecule has 7 aromatic carbocycles. The molecule has 254 valence electrons. The molecule has 4 nitrogen and oxygen atoms in total. The summed E-state index contributed by atoms with van der Waals surface area (Å²) >= 11 is 0. The van der Waals surface area contributed by atoms with E-state index in [9.17, 15) is 0 Å². The number of nitrogens with zero attached hydrogens (tertiary/aromatic N) is 2. The Morgan fingerprint density at radius 2 is 1.13 bits per heavy atom. The molecule has 2 aliphatic heterocycles. The monoisotopic (exact) mass is 683 g/mol. The highest BCUT2D eigenvalue weighted by Gasteiger charge is 2.31. The van der Waals surface area contributed by atoms with Crippen LogP contribution < -0.4 is 10.1 Å². The van der Waals surface area contributed by atoms with E-state index in [4.69, 9.17) is 4.74 Å². The Labute approximate surface area is 309 Å². The first-order valence-electron chi connectivity index (χ1n) is 18.2. The third kappa shape index (κ3) is 5.35. The summed E-state index contributed by atoms with van der Waals surface area (Å²) in [5, 5.41) is 5.23. The minimum absolute atomic E-state index is 0.0329. The predicted molar refractivity (Wildman–Crippen MR) is 217 cm³/mol. The van der Waals surface area contributed by atoms with Gasteiger partial charge < -0.3 is 14.2 Å². The molecule has 10 rings (SSSR count). The van der Waals surface area contributed by atoms with Crippen LogP contribution in [0.2, 0.25) is 0 Å². The first-order chi connectivity index (χ1) is 26.2. The second kappa shape index (κ2) is 12.9. The number of fused-ring (bicyclic) bond motifs is 7. The first-order valence-corrected chi connectivity index (χ1v) is 18.2. The molecule has 1 N–H and O–H groups in total. The van der Waals surface area contributed by atoms with E-state index < -0.39 is 0 Å². The van der Waals surface area contributed by atoms with Crippen molar-refractivity contribution in [2.75, 3.05) is 7.05 Å². The molecule has 53 heavy (non-hydrogen) atoms. The van der Waals surface area contributed by atoms with E-state index in [0.29, 0.717) is 0 Å². The van der Waals surface area contributed by atoms with Crippen molar-refractivity contribution in [3.05, 3.63) is 205 Å². The van der Waals surface area contributed by atoms with Crippen molar-refractivity contribution >= 4 is 16.6 Å². The van der Waals surface area contributed by atoms with Gasteiger partial charge in [-0.15, -0.1) is 0 Å². The molecule has 0 bridgehead atoms. The fourth-order valence-corrected chi connectivity index (χ4v) is 8.21. The van der Waals surface area contributed by atoms with Crippen LogP contribution in [0.25, 0.3) is 55.8 Å². The maximum Gasteiger partial charge on any atom is 0.136 e. The van der Waals surface area contributed by atoms with Crippen molar-refractivity contribution in [3.8, 4) is 50.7 Å². The van der Waals surface area contributed by atoms with Gasteiger partial charge >= 0.3 is 0 Å². The van der Waals surface area contributed by atoms with E-state index in [1.165, 1.54) is 38.9 Å². The van der Waals surface area contributed by atoms with Crippen molar-refractivity contribution in [2.24, 2.45) is 0 Å². The number of hydrogen-bond donors (Lipinski definition) is 1. The predicted octanol–water partition coefficient (Wildman–Crippen LogP) is 12.1. The summed E-state index contributed by atoms with van der Waals surface area (Å²) in [6.07, 6.45) is 2.35. The zero-order chi connectivity index (χ0) is 35.3. The average Bonchev–Trinajstić information content (AvgIpc) is 3.49. The zero-order valence-corrected chi connectivity index (χ0v) is 29.4. The van der Waals surface area contributed by atoms with E-state index in [1.807, 2.05) is 0 Å². The van der Waals surface area contributed by atoms with Crippen LogP contribution in [0.3, 0.4) is 0 Å². The summed E-state index contributed by atoms with van der Waals surface area (Å²) in [5.41, 5.74) is 13.8. The molecule has 0 amide bonds. The lowest BCUT2D eigenvalue weighted by Gasteiger charge is -2.40. The molecule has 2 unspecified atom stereocenters. The van der Waals surface area contributed by atoms with Crippen molar-refractivity contribution in [1.29, 1.82) is 0 Å². The number of rotatable bonds is 5.